The number of carbonyl (C=O) groups excluding carboxylic acids is 3. The number of ether oxygens (including phenoxy) is 12. The Bertz CT molecular complexity index is 1030. The summed E-state index contributed by atoms with van der Waals surface area (Å²) in [5.41, 5.74) is 0. The lowest BCUT2D eigenvalue weighted by Gasteiger charge is -2.18. The molecule has 0 unspecified atom stereocenters. The normalized spacial score (nSPS) is 11.2. The van der Waals surface area contributed by atoms with E-state index in [9.17, 15) is 28.8 Å². The summed E-state index contributed by atoms with van der Waals surface area (Å²) in [5, 5.41) is 33.9. The Labute approximate surface area is 374 Å². The standard InChI is InChI=1S/C40H73N3O21/c44-35(41-7-16-56-22-28-59-25-19-53-13-4-38(47)48)1-10-62-31-34(32-63-11-2-36(45)42-8-17-57-23-29-60-26-20-54-14-5-39(49)50)33-64-12-3-37(46)43-9-18-58-24-30-61-27-21-55-15-6-40(51)52/h34H,1-33H2,(H,41,44)(H,42,45)(H,43,46)(H,47,48)(H,49,50)(H,51,52). The molecule has 3 amide bonds. The average Bonchev–Trinajstić information content (AvgIpc) is 3.25. The number of aliphatic carboxylic acids is 3. The zero-order valence-electron chi connectivity index (χ0n) is 37.1. The molecule has 0 fully saturated rings. The number of carboxylic acids is 3. The number of hydrogen-bond donors (Lipinski definition) is 6. The molecule has 0 atom stereocenters. The molecule has 0 aromatic heterocycles. The van der Waals surface area contributed by atoms with Crippen LogP contribution in [0.5, 0.6) is 0 Å². The van der Waals surface area contributed by atoms with Crippen LogP contribution in [0.3, 0.4) is 0 Å². The highest BCUT2D eigenvalue weighted by atomic mass is 16.6. The molecule has 24 nitrogen and oxygen atoms in total. The molecule has 0 aromatic carbocycles. The van der Waals surface area contributed by atoms with Crippen LogP contribution in [0.4, 0.5) is 0 Å². The smallest absolute Gasteiger partial charge is 0.305 e. The first-order valence-electron chi connectivity index (χ1n) is 21.5. The Morgan fingerprint density at radius 1 is 0.281 bits per heavy atom. The number of carbonyl (C=O) groups is 6. The molecule has 0 heterocycles. The fourth-order valence-corrected chi connectivity index (χ4v) is 4.55. The van der Waals surface area contributed by atoms with Crippen molar-refractivity contribution in [2.24, 2.45) is 5.92 Å². The maximum atomic E-state index is 12.2. The second kappa shape index (κ2) is 47.3. The maximum absolute atomic E-state index is 12.2. The first-order chi connectivity index (χ1) is 31.1. The van der Waals surface area contributed by atoms with Crippen molar-refractivity contribution in [3.05, 3.63) is 0 Å². The molecule has 0 aliphatic carbocycles. The fraction of sp³-hybridized carbons (Fsp3) is 0.850. The van der Waals surface area contributed by atoms with E-state index in [0.29, 0.717) is 98.9 Å². The first kappa shape index (κ1) is 60.3. The summed E-state index contributed by atoms with van der Waals surface area (Å²) in [5.74, 6) is -3.67. The number of carboxylic acid groups (broad SMARTS) is 3. The molecule has 0 saturated heterocycles. The SMILES string of the molecule is O=C(O)CCOCCOCCOCCNC(=O)CCOCC(COCCC(=O)NCCOCCOCCOCCC(=O)O)COCCC(=O)NCCOCCOCCOCCC(=O)O. The third kappa shape index (κ3) is 49.4. The van der Waals surface area contributed by atoms with Gasteiger partial charge in [0.2, 0.25) is 17.7 Å². The van der Waals surface area contributed by atoms with Crippen LogP contribution in [0.1, 0.15) is 38.5 Å². The number of amides is 3. The van der Waals surface area contributed by atoms with Crippen LogP contribution in [0.2, 0.25) is 0 Å². The van der Waals surface area contributed by atoms with E-state index in [1.165, 1.54) is 0 Å². The predicted octanol–water partition coefficient (Wildman–Crippen LogP) is -1.26. The summed E-state index contributed by atoms with van der Waals surface area (Å²) >= 11 is 0. The van der Waals surface area contributed by atoms with E-state index in [2.05, 4.69) is 16.0 Å². The molecule has 64 heavy (non-hydrogen) atoms. The van der Waals surface area contributed by atoms with Gasteiger partial charge in [-0.2, -0.15) is 0 Å². The van der Waals surface area contributed by atoms with E-state index in [1.807, 2.05) is 0 Å². The van der Waals surface area contributed by atoms with Crippen LogP contribution in [0, 0.1) is 5.92 Å². The van der Waals surface area contributed by atoms with Crippen molar-refractivity contribution in [2.45, 2.75) is 38.5 Å². The zero-order valence-corrected chi connectivity index (χ0v) is 37.1. The first-order valence-corrected chi connectivity index (χ1v) is 21.5. The largest absolute Gasteiger partial charge is 0.481 e. The maximum Gasteiger partial charge on any atom is 0.305 e. The van der Waals surface area contributed by atoms with Gasteiger partial charge in [0.25, 0.3) is 0 Å². The molecule has 6 N–H and O–H groups in total. The molecule has 0 saturated carbocycles. The van der Waals surface area contributed by atoms with Crippen molar-refractivity contribution >= 4 is 35.6 Å². The number of nitrogens with one attached hydrogen (secondary N) is 3. The predicted molar refractivity (Wildman–Crippen MR) is 223 cm³/mol. The van der Waals surface area contributed by atoms with Crippen molar-refractivity contribution < 1.29 is 101 Å². The van der Waals surface area contributed by atoms with Gasteiger partial charge >= 0.3 is 17.9 Å². The van der Waals surface area contributed by atoms with Crippen molar-refractivity contribution in [1.82, 2.24) is 16.0 Å². The molecule has 0 radical (unpaired) electrons. The molecule has 374 valence electrons. The lowest BCUT2D eigenvalue weighted by Crippen LogP contribution is -2.30. The lowest BCUT2D eigenvalue weighted by molar-refractivity contribution is -0.139. The van der Waals surface area contributed by atoms with Crippen LogP contribution in [0.25, 0.3) is 0 Å². The third-order valence-electron chi connectivity index (χ3n) is 7.80. The van der Waals surface area contributed by atoms with E-state index in [4.69, 9.17) is 72.2 Å². The lowest BCUT2D eigenvalue weighted by atomic mass is 10.2. The van der Waals surface area contributed by atoms with Crippen molar-refractivity contribution in [1.29, 1.82) is 0 Å². The number of rotatable bonds is 51. The zero-order chi connectivity index (χ0) is 47.0. The summed E-state index contributed by atoms with van der Waals surface area (Å²) in [6, 6.07) is 0. The van der Waals surface area contributed by atoms with Crippen LogP contribution in [-0.4, -0.2) is 229 Å². The van der Waals surface area contributed by atoms with Gasteiger partial charge in [0.15, 0.2) is 0 Å². The molecule has 0 aromatic rings. The van der Waals surface area contributed by atoms with Crippen LogP contribution in [0.15, 0.2) is 0 Å². The van der Waals surface area contributed by atoms with Gasteiger partial charge in [0.05, 0.1) is 178 Å². The Kier molecular flexibility index (Phi) is 44.6. The van der Waals surface area contributed by atoms with Gasteiger partial charge in [-0.05, 0) is 0 Å². The van der Waals surface area contributed by atoms with Crippen molar-refractivity contribution in [3.63, 3.8) is 0 Å². The Balaban J connectivity index is 4.28. The van der Waals surface area contributed by atoms with Gasteiger partial charge in [0, 0.05) is 44.8 Å². The minimum atomic E-state index is -0.922. The Morgan fingerprint density at radius 3 is 0.719 bits per heavy atom. The minimum Gasteiger partial charge on any atom is -0.481 e. The monoisotopic (exact) mass is 931 g/mol. The van der Waals surface area contributed by atoms with E-state index in [-0.39, 0.29) is 141 Å². The van der Waals surface area contributed by atoms with Crippen LogP contribution < -0.4 is 16.0 Å². The second-order valence-corrected chi connectivity index (χ2v) is 13.3. The topological polar surface area (TPSA) is 310 Å². The van der Waals surface area contributed by atoms with Gasteiger partial charge in [0.1, 0.15) is 0 Å². The van der Waals surface area contributed by atoms with Crippen molar-refractivity contribution in [2.75, 3.05) is 178 Å². The van der Waals surface area contributed by atoms with Crippen LogP contribution in [-0.2, 0) is 85.6 Å². The molecule has 0 aliphatic rings. The highest BCUT2D eigenvalue weighted by Gasteiger charge is 2.13. The fourth-order valence-electron chi connectivity index (χ4n) is 4.55. The quantitative estimate of drug-likeness (QED) is 0.0388. The van der Waals surface area contributed by atoms with Gasteiger partial charge in [-0.15, -0.1) is 0 Å². The highest BCUT2D eigenvalue weighted by Crippen LogP contribution is 2.03. The second-order valence-electron chi connectivity index (χ2n) is 13.3. The molecule has 0 bridgehead atoms. The van der Waals surface area contributed by atoms with E-state index in [1.54, 1.807) is 0 Å². The highest BCUT2D eigenvalue weighted by molar-refractivity contribution is 5.76. The van der Waals surface area contributed by atoms with Gasteiger partial charge < -0.3 is 88.1 Å². The minimum absolute atomic E-state index is 0.0602. The summed E-state index contributed by atoms with van der Waals surface area (Å²) in [4.78, 5) is 68.1. The van der Waals surface area contributed by atoms with Gasteiger partial charge in [-0.1, -0.05) is 0 Å². The molecule has 24 heteroatoms. The van der Waals surface area contributed by atoms with E-state index < -0.39 is 17.9 Å². The summed E-state index contributed by atoms with van der Waals surface area (Å²) in [6.07, 6.45) is 0.163. The summed E-state index contributed by atoms with van der Waals surface area (Å²) in [7, 11) is 0. The van der Waals surface area contributed by atoms with Gasteiger partial charge in [-0.25, -0.2) is 0 Å². The molecule has 0 aliphatic heterocycles. The van der Waals surface area contributed by atoms with E-state index in [0.717, 1.165) is 0 Å². The summed E-state index contributed by atoms with van der Waals surface area (Å²) < 4.78 is 64.8. The Morgan fingerprint density at radius 2 is 0.484 bits per heavy atom. The summed E-state index contributed by atoms with van der Waals surface area (Å²) in [6.45, 7) is 7.00. The molecular formula is C40H73N3O21. The molecule has 0 rings (SSSR count). The van der Waals surface area contributed by atoms with Crippen LogP contribution >= 0.6 is 0 Å². The Hall–Kier alpha value is -3.66. The number of hydrogen-bond acceptors (Lipinski definition) is 18. The molecular weight excluding hydrogens is 858 g/mol. The van der Waals surface area contributed by atoms with E-state index >= 15 is 0 Å². The molecule has 0 spiro atoms. The van der Waals surface area contributed by atoms with Gasteiger partial charge in [-0.3, -0.25) is 28.8 Å². The third-order valence-corrected chi connectivity index (χ3v) is 7.80. The average molecular weight is 932 g/mol. The van der Waals surface area contributed by atoms with Crippen molar-refractivity contribution in [3.8, 4) is 0 Å².